The van der Waals surface area contributed by atoms with Crippen LogP contribution in [0.4, 0.5) is 16.2 Å². The Balaban J connectivity index is 2.02. The number of nitrogens with one attached hydrogen (secondary N) is 3. The standard InChI is InChI=1S/C16H23N3O2/c1-10(2)7-8-17-15(21)18-11-5-6-13-12(9-11)16(3,4)14(20)19-13/h5-6,9-10H,7-8H2,1-4H3,(H,19,20)(H2,17,18,21). The van der Waals surface area contributed by atoms with E-state index < -0.39 is 5.41 Å². The van der Waals surface area contributed by atoms with Gasteiger partial charge in [-0.1, -0.05) is 13.8 Å². The lowest BCUT2D eigenvalue weighted by Crippen LogP contribution is -2.30. The molecule has 2 rings (SSSR count). The summed E-state index contributed by atoms with van der Waals surface area (Å²) in [6.07, 6.45) is 0.947. The lowest BCUT2D eigenvalue weighted by molar-refractivity contribution is -0.119. The summed E-state index contributed by atoms with van der Waals surface area (Å²) in [7, 11) is 0. The minimum Gasteiger partial charge on any atom is -0.338 e. The van der Waals surface area contributed by atoms with Crippen LogP contribution in [0.5, 0.6) is 0 Å². The predicted octanol–water partition coefficient (Wildman–Crippen LogP) is 3.08. The minimum atomic E-state index is -0.568. The fourth-order valence-electron chi connectivity index (χ4n) is 2.30. The highest BCUT2D eigenvalue weighted by atomic mass is 16.2. The molecular weight excluding hydrogens is 266 g/mol. The van der Waals surface area contributed by atoms with Gasteiger partial charge >= 0.3 is 6.03 Å². The van der Waals surface area contributed by atoms with Gasteiger partial charge < -0.3 is 16.0 Å². The summed E-state index contributed by atoms with van der Waals surface area (Å²) in [6, 6.07) is 5.26. The highest BCUT2D eigenvalue weighted by molar-refractivity contribution is 6.06. The molecular formula is C16H23N3O2. The molecule has 0 fully saturated rings. The summed E-state index contributed by atoms with van der Waals surface area (Å²) in [5.74, 6) is 0.541. The van der Waals surface area contributed by atoms with Crippen molar-refractivity contribution in [2.24, 2.45) is 5.92 Å². The smallest absolute Gasteiger partial charge is 0.319 e. The van der Waals surface area contributed by atoms with Crippen molar-refractivity contribution in [3.63, 3.8) is 0 Å². The fraction of sp³-hybridized carbons (Fsp3) is 0.500. The molecule has 1 aliphatic heterocycles. The molecule has 1 aliphatic rings. The third kappa shape index (κ3) is 3.35. The van der Waals surface area contributed by atoms with Crippen molar-refractivity contribution < 1.29 is 9.59 Å². The highest BCUT2D eigenvalue weighted by Crippen LogP contribution is 2.38. The lowest BCUT2D eigenvalue weighted by Gasteiger charge is -2.16. The zero-order chi connectivity index (χ0) is 15.6. The van der Waals surface area contributed by atoms with Crippen molar-refractivity contribution in [3.05, 3.63) is 23.8 Å². The van der Waals surface area contributed by atoms with Crippen LogP contribution in [0.3, 0.4) is 0 Å². The predicted molar refractivity (Wildman–Crippen MR) is 84.6 cm³/mol. The first-order valence-electron chi connectivity index (χ1n) is 7.31. The molecule has 0 radical (unpaired) electrons. The Morgan fingerprint density at radius 3 is 2.71 bits per heavy atom. The van der Waals surface area contributed by atoms with Crippen LogP contribution < -0.4 is 16.0 Å². The van der Waals surface area contributed by atoms with Gasteiger partial charge in [-0.05, 0) is 49.9 Å². The second-order valence-corrected chi connectivity index (χ2v) is 6.40. The van der Waals surface area contributed by atoms with Crippen molar-refractivity contribution in [1.82, 2.24) is 5.32 Å². The fourth-order valence-corrected chi connectivity index (χ4v) is 2.30. The molecule has 0 unspecified atom stereocenters. The number of carbonyl (C=O) groups is 2. The lowest BCUT2D eigenvalue weighted by atomic mass is 9.86. The average molecular weight is 289 g/mol. The summed E-state index contributed by atoms with van der Waals surface area (Å²) in [6.45, 7) is 8.64. The van der Waals surface area contributed by atoms with Gasteiger partial charge in [-0.3, -0.25) is 4.79 Å². The maximum absolute atomic E-state index is 11.9. The quantitative estimate of drug-likeness (QED) is 0.797. The van der Waals surface area contributed by atoms with E-state index in [9.17, 15) is 9.59 Å². The largest absolute Gasteiger partial charge is 0.338 e. The minimum absolute atomic E-state index is 0.0176. The first-order valence-corrected chi connectivity index (χ1v) is 7.31. The van der Waals surface area contributed by atoms with Crippen molar-refractivity contribution in [2.75, 3.05) is 17.2 Å². The molecule has 114 valence electrons. The number of rotatable bonds is 4. The Labute approximate surface area is 125 Å². The molecule has 1 heterocycles. The SMILES string of the molecule is CC(C)CCNC(=O)Nc1ccc2c(c1)C(C)(C)C(=O)N2. The van der Waals surface area contributed by atoms with Crippen LogP contribution in [0.2, 0.25) is 0 Å². The molecule has 5 nitrogen and oxygen atoms in total. The number of fused-ring (bicyclic) bond motifs is 1. The number of hydrogen-bond donors (Lipinski definition) is 3. The van der Waals surface area contributed by atoms with Gasteiger partial charge in [-0.15, -0.1) is 0 Å². The summed E-state index contributed by atoms with van der Waals surface area (Å²) in [5, 5.41) is 8.48. The van der Waals surface area contributed by atoms with E-state index in [1.165, 1.54) is 0 Å². The molecule has 0 aliphatic carbocycles. The Morgan fingerprint density at radius 2 is 2.05 bits per heavy atom. The number of carbonyl (C=O) groups excluding carboxylic acids is 2. The van der Waals surface area contributed by atoms with Crippen LogP contribution >= 0.6 is 0 Å². The maximum atomic E-state index is 11.9. The van der Waals surface area contributed by atoms with Crippen LogP contribution in [0.15, 0.2) is 18.2 Å². The molecule has 1 aromatic carbocycles. The number of amides is 3. The van der Waals surface area contributed by atoms with Crippen LogP contribution in [0.1, 0.15) is 39.7 Å². The Hall–Kier alpha value is -2.04. The van der Waals surface area contributed by atoms with Crippen LogP contribution in [0.25, 0.3) is 0 Å². The monoisotopic (exact) mass is 289 g/mol. The Morgan fingerprint density at radius 1 is 1.33 bits per heavy atom. The summed E-state index contributed by atoms with van der Waals surface area (Å²) >= 11 is 0. The van der Waals surface area contributed by atoms with Crippen LogP contribution in [-0.4, -0.2) is 18.5 Å². The molecule has 5 heteroatoms. The van der Waals surface area contributed by atoms with E-state index in [2.05, 4.69) is 29.8 Å². The number of hydrogen-bond acceptors (Lipinski definition) is 2. The van der Waals surface area contributed by atoms with Gasteiger partial charge in [-0.25, -0.2) is 4.79 Å². The van der Waals surface area contributed by atoms with Gasteiger partial charge in [0.1, 0.15) is 0 Å². The third-order valence-electron chi connectivity index (χ3n) is 3.77. The molecule has 21 heavy (non-hydrogen) atoms. The first-order chi connectivity index (χ1) is 9.80. The molecule has 3 amide bonds. The Bertz CT molecular complexity index is 565. The summed E-state index contributed by atoms with van der Waals surface area (Å²) < 4.78 is 0. The molecule has 1 aromatic rings. The van der Waals surface area contributed by atoms with Gasteiger partial charge in [0.25, 0.3) is 0 Å². The van der Waals surface area contributed by atoms with Crippen LogP contribution in [0, 0.1) is 5.92 Å². The maximum Gasteiger partial charge on any atom is 0.319 e. The summed E-state index contributed by atoms with van der Waals surface area (Å²) in [5.41, 5.74) is 1.85. The first kappa shape index (κ1) is 15.4. The van der Waals surface area contributed by atoms with Crippen molar-refractivity contribution in [3.8, 4) is 0 Å². The molecule has 0 atom stereocenters. The van der Waals surface area contributed by atoms with Gasteiger partial charge in [0.05, 0.1) is 5.41 Å². The van der Waals surface area contributed by atoms with E-state index in [1.807, 2.05) is 26.0 Å². The van der Waals surface area contributed by atoms with Crippen molar-refractivity contribution in [1.29, 1.82) is 0 Å². The zero-order valence-corrected chi connectivity index (χ0v) is 13.0. The molecule has 3 N–H and O–H groups in total. The number of benzene rings is 1. The molecule has 0 bridgehead atoms. The third-order valence-corrected chi connectivity index (χ3v) is 3.77. The van der Waals surface area contributed by atoms with Crippen LogP contribution in [-0.2, 0) is 10.2 Å². The normalized spacial score (nSPS) is 15.6. The average Bonchev–Trinajstić information content (AvgIpc) is 2.60. The van der Waals surface area contributed by atoms with E-state index in [0.717, 1.165) is 17.7 Å². The molecule has 0 spiro atoms. The second kappa shape index (κ2) is 5.76. The molecule has 0 saturated heterocycles. The van der Waals surface area contributed by atoms with E-state index in [-0.39, 0.29) is 11.9 Å². The highest BCUT2D eigenvalue weighted by Gasteiger charge is 2.38. The van der Waals surface area contributed by atoms with E-state index in [0.29, 0.717) is 18.2 Å². The number of anilines is 2. The molecule has 0 aromatic heterocycles. The topological polar surface area (TPSA) is 70.2 Å². The summed E-state index contributed by atoms with van der Waals surface area (Å²) in [4.78, 5) is 23.7. The molecule has 0 saturated carbocycles. The Kier molecular flexibility index (Phi) is 4.21. The van der Waals surface area contributed by atoms with Crippen molar-refractivity contribution in [2.45, 2.75) is 39.5 Å². The van der Waals surface area contributed by atoms with Gasteiger partial charge in [-0.2, -0.15) is 0 Å². The van der Waals surface area contributed by atoms with Gasteiger partial charge in [0.15, 0.2) is 0 Å². The number of urea groups is 1. The van der Waals surface area contributed by atoms with E-state index in [1.54, 1.807) is 6.07 Å². The second-order valence-electron chi connectivity index (χ2n) is 6.40. The van der Waals surface area contributed by atoms with Crippen molar-refractivity contribution >= 4 is 23.3 Å². The van der Waals surface area contributed by atoms with Gasteiger partial charge in [0.2, 0.25) is 5.91 Å². The van der Waals surface area contributed by atoms with Gasteiger partial charge in [0, 0.05) is 17.9 Å². The van der Waals surface area contributed by atoms with E-state index >= 15 is 0 Å². The van der Waals surface area contributed by atoms with E-state index in [4.69, 9.17) is 0 Å². The zero-order valence-electron chi connectivity index (χ0n) is 13.0.